The summed E-state index contributed by atoms with van der Waals surface area (Å²) in [6.07, 6.45) is 2.12. The average Bonchev–Trinajstić information content (AvgIpc) is 2.86. The molecule has 0 N–H and O–H groups in total. The molecule has 1 aliphatic rings. The molecule has 21 heavy (non-hydrogen) atoms. The monoisotopic (exact) mass is 273 g/mol. The minimum absolute atomic E-state index is 0.914. The topological polar surface area (TPSA) is 18.0 Å². The Morgan fingerprint density at radius 1 is 0.952 bits per heavy atom. The van der Waals surface area contributed by atoms with Crippen molar-refractivity contribution in [3.8, 4) is 17.2 Å². The fourth-order valence-electron chi connectivity index (χ4n) is 3.23. The van der Waals surface area contributed by atoms with Crippen molar-refractivity contribution in [3.05, 3.63) is 60.9 Å². The molecule has 4 aromatic rings. The third kappa shape index (κ3) is 1.30. The predicted octanol–water partition coefficient (Wildman–Crippen LogP) is 3.71. The number of aryl methyl sites for hydroxylation is 1. The van der Waals surface area contributed by atoms with Crippen LogP contribution in [0.3, 0.4) is 0 Å². The molecule has 0 spiro atoms. The number of para-hydroxylation sites is 1. The highest BCUT2D eigenvalue weighted by Gasteiger charge is 2.28. The third-order valence-electron chi connectivity index (χ3n) is 4.22. The summed E-state index contributed by atoms with van der Waals surface area (Å²) in [5, 5.41) is 2.34. The van der Waals surface area contributed by atoms with Gasteiger partial charge in [-0.2, -0.15) is 4.57 Å². The number of fused-ring (bicyclic) bond motifs is 4. The zero-order valence-corrected chi connectivity index (χ0v) is 11.6. The van der Waals surface area contributed by atoms with E-state index in [4.69, 9.17) is 4.74 Å². The Morgan fingerprint density at radius 3 is 2.81 bits per heavy atom. The van der Waals surface area contributed by atoms with Gasteiger partial charge in [0.2, 0.25) is 11.8 Å². The molecule has 0 unspecified atom stereocenters. The van der Waals surface area contributed by atoms with Crippen LogP contribution >= 0.6 is 0 Å². The first-order valence-electron chi connectivity index (χ1n) is 7.02. The molecular formula is C18H13N2O+. The lowest BCUT2D eigenvalue weighted by atomic mass is 10.1. The van der Waals surface area contributed by atoms with E-state index in [1.165, 1.54) is 10.9 Å². The van der Waals surface area contributed by atoms with Crippen molar-refractivity contribution in [1.82, 2.24) is 4.57 Å². The van der Waals surface area contributed by atoms with Gasteiger partial charge in [0, 0.05) is 5.39 Å². The first-order valence-corrected chi connectivity index (χ1v) is 7.02. The summed E-state index contributed by atoms with van der Waals surface area (Å²) in [6.45, 7) is 0. The van der Waals surface area contributed by atoms with Gasteiger partial charge in [0.25, 0.3) is 0 Å². The summed E-state index contributed by atoms with van der Waals surface area (Å²) in [5.41, 5.74) is 3.40. The second kappa shape index (κ2) is 3.64. The molecule has 5 rings (SSSR count). The third-order valence-corrected chi connectivity index (χ3v) is 4.22. The summed E-state index contributed by atoms with van der Waals surface area (Å²) in [6, 6.07) is 18.8. The minimum atomic E-state index is 0.914. The second-order valence-electron chi connectivity index (χ2n) is 5.46. The van der Waals surface area contributed by atoms with E-state index in [1.807, 2.05) is 12.1 Å². The standard InChI is InChI=1S/C18H13N2O/c1-19-11-20-15-10-9-12-5-2-3-6-13(12)18(15)21-16-8-4-7-14(19)17(16)20/h2-11H,1H3/q+1. The molecule has 3 heteroatoms. The molecule has 3 nitrogen and oxygen atoms in total. The van der Waals surface area contributed by atoms with E-state index in [0.717, 1.165) is 28.1 Å². The van der Waals surface area contributed by atoms with Crippen LogP contribution in [0.2, 0.25) is 0 Å². The molecule has 0 saturated carbocycles. The number of hydrogen-bond acceptors (Lipinski definition) is 1. The molecule has 0 aliphatic carbocycles. The minimum Gasteiger partial charge on any atom is -0.448 e. The smallest absolute Gasteiger partial charge is 0.250 e. The van der Waals surface area contributed by atoms with Crippen molar-refractivity contribution in [2.75, 3.05) is 0 Å². The zero-order chi connectivity index (χ0) is 14.0. The largest absolute Gasteiger partial charge is 0.448 e. The number of imidazole rings is 1. The zero-order valence-electron chi connectivity index (χ0n) is 11.6. The van der Waals surface area contributed by atoms with E-state index in [2.05, 4.69) is 65.0 Å². The number of hydrogen-bond donors (Lipinski definition) is 0. The molecule has 1 aliphatic heterocycles. The van der Waals surface area contributed by atoms with Crippen LogP contribution in [0.4, 0.5) is 0 Å². The van der Waals surface area contributed by atoms with Gasteiger partial charge in [-0.25, -0.2) is 4.57 Å². The second-order valence-corrected chi connectivity index (χ2v) is 5.46. The predicted molar refractivity (Wildman–Crippen MR) is 82.0 cm³/mol. The number of aromatic nitrogens is 2. The van der Waals surface area contributed by atoms with E-state index in [-0.39, 0.29) is 0 Å². The average molecular weight is 273 g/mol. The Kier molecular flexibility index (Phi) is 1.89. The summed E-state index contributed by atoms with van der Waals surface area (Å²) in [4.78, 5) is 0. The maximum atomic E-state index is 6.24. The molecule has 0 radical (unpaired) electrons. The fraction of sp³-hybridized carbons (Fsp3) is 0.0556. The van der Waals surface area contributed by atoms with Crippen LogP contribution in [0.5, 0.6) is 11.5 Å². The fourth-order valence-corrected chi connectivity index (χ4v) is 3.23. The Hall–Kier alpha value is -2.81. The maximum Gasteiger partial charge on any atom is 0.250 e. The highest BCUT2D eigenvalue weighted by molar-refractivity contribution is 5.95. The normalized spacial score (nSPS) is 12.4. The van der Waals surface area contributed by atoms with Crippen molar-refractivity contribution in [2.45, 2.75) is 0 Å². The van der Waals surface area contributed by atoms with Gasteiger partial charge in [-0.05, 0) is 29.7 Å². The van der Waals surface area contributed by atoms with Crippen molar-refractivity contribution in [3.63, 3.8) is 0 Å². The van der Waals surface area contributed by atoms with Crippen LogP contribution in [0.1, 0.15) is 0 Å². The number of nitrogens with zero attached hydrogens (tertiary/aromatic N) is 2. The Balaban J connectivity index is 1.98. The number of ether oxygens (including phenoxy) is 1. The van der Waals surface area contributed by atoms with Crippen molar-refractivity contribution >= 4 is 21.8 Å². The Labute approximate surface area is 121 Å². The van der Waals surface area contributed by atoms with Crippen LogP contribution in [0.15, 0.2) is 60.9 Å². The summed E-state index contributed by atoms with van der Waals surface area (Å²) < 4.78 is 10.6. The van der Waals surface area contributed by atoms with Gasteiger partial charge in [0.05, 0.1) is 7.05 Å². The number of rotatable bonds is 0. The van der Waals surface area contributed by atoms with Crippen LogP contribution in [-0.4, -0.2) is 4.57 Å². The first-order chi connectivity index (χ1) is 10.3. The molecule has 0 fully saturated rings. The maximum absolute atomic E-state index is 6.24. The molecule has 0 saturated heterocycles. The molecule has 2 heterocycles. The Morgan fingerprint density at radius 2 is 1.86 bits per heavy atom. The molecule has 0 amide bonds. The molecule has 0 bridgehead atoms. The molecule has 0 atom stereocenters. The van der Waals surface area contributed by atoms with E-state index in [9.17, 15) is 0 Å². The van der Waals surface area contributed by atoms with Crippen molar-refractivity contribution in [1.29, 1.82) is 0 Å². The van der Waals surface area contributed by atoms with Gasteiger partial charge in [0.15, 0.2) is 22.7 Å². The summed E-state index contributed by atoms with van der Waals surface area (Å²) >= 11 is 0. The van der Waals surface area contributed by atoms with Gasteiger partial charge in [-0.15, -0.1) is 0 Å². The lowest BCUT2D eigenvalue weighted by Gasteiger charge is -2.16. The van der Waals surface area contributed by atoms with E-state index in [0.29, 0.717) is 0 Å². The summed E-state index contributed by atoms with van der Waals surface area (Å²) in [5.74, 6) is 1.85. The molecule has 1 aromatic heterocycles. The highest BCUT2D eigenvalue weighted by atomic mass is 16.5. The van der Waals surface area contributed by atoms with Crippen molar-refractivity contribution in [2.24, 2.45) is 7.05 Å². The van der Waals surface area contributed by atoms with Gasteiger partial charge >= 0.3 is 0 Å². The molecule has 100 valence electrons. The quantitative estimate of drug-likeness (QED) is 0.393. The van der Waals surface area contributed by atoms with Crippen molar-refractivity contribution < 1.29 is 9.30 Å². The van der Waals surface area contributed by atoms with E-state index in [1.54, 1.807) is 0 Å². The Bertz CT molecular complexity index is 1030. The summed E-state index contributed by atoms with van der Waals surface area (Å²) in [7, 11) is 2.06. The molecular weight excluding hydrogens is 260 g/mol. The first kappa shape index (κ1) is 10.9. The van der Waals surface area contributed by atoms with Crippen LogP contribution in [-0.2, 0) is 7.05 Å². The van der Waals surface area contributed by atoms with Gasteiger partial charge in [-0.1, -0.05) is 30.3 Å². The lowest BCUT2D eigenvalue weighted by Crippen LogP contribution is -2.25. The van der Waals surface area contributed by atoms with Gasteiger partial charge in [0.1, 0.15) is 0 Å². The van der Waals surface area contributed by atoms with Crippen LogP contribution < -0.4 is 9.30 Å². The van der Waals surface area contributed by atoms with Crippen LogP contribution in [0, 0.1) is 0 Å². The number of benzene rings is 3. The van der Waals surface area contributed by atoms with Gasteiger partial charge in [-0.3, -0.25) is 0 Å². The van der Waals surface area contributed by atoms with E-state index < -0.39 is 0 Å². The lowest BCUT2D eigenvalue weighted by molar-refractivity contribution is -0.645. The van der Waals surface area contributed by atoms with Gasteiger partial charge < -0.3 is 4.74 Å². The molecule has 3 aromatic carbocycles. The van der Waals surface area contributed by atoms with E-state index >= 15 is 0 Å². The highest BCUT2D eigenvalue weighted by Crippen LogP contribution is 2.43. The van der Waals surface area contributed by atoms with Crippen LogP contribution in [0.25, 0.3) is 27.5 Å². The SMILES string of the molecule is C[n+]1cn2c3c(cccc31)Oc1c-2ccc2ccccc12.